The molecule has 12 heavy (non-hydrogen) atoms. The third-order valence-corrected chi connectivity index (χ3v) is 1.62. The van der Waals surface area contributed by atoms with E-state index in [0.717, 1.165) is 0 Å². The lowest BCUT2D eigenvalue weighted by Gasteiger charge is -2.05. The molecule has 1 unspecified atom stereocenters. The maximum atomic E-state index is 10.9. The summed E-state index contributed by atoms with van der Waals surface area (Å²) >= 11 is 5.54. The molecule has 1 aliphatic heterocycles. The number of rotatable bonds is 3. The van der Waals surface area contributed by atoms with Gasteiger partial charge < -0.3 is 9.57 Å². The van der Waals surface area contributed by atoms with Gasteiger partial charge >= 0.3 is 5.97 Å². The fourth-order valence-corrected chi connectivity index (χ4v) is 1.12. The third-order valence-electron chi connectivity index (χ3n) is 1.40. The van der Waals surface area contributed by atoms with E-state index in [2.05, 4.69) is 5.16 Å². The largest absolute Gasteiger partial charge is 0.466 e. The number of carbonyl (C=O) groups is 1. The molecule has 1 heterocycles. The van der Waals surface area contributed by atoms with E-state index < -0.39 is 0 Å². The molecular formula is C7H10ClNO3. The van der Waals surface area contributed by atoms with Gasteiger partial charge in [0.25, 0.3) is 0 Å². The Labute approximate surface area is 75.5 Å². The lowest BCUT2D eigenvalue weighted by Crippen LogP contribution is -2.15. The van der Waals surface area contributed by atoms with Crippen molar-refractivity contribution >= 4 is 22.7 Å². The van der Waals surface area contributed by atoms with E-state index in [4.69, 9.17) is 21.2 Å². The molecule has 4 nitrogen and oxygen atoms in total. The minimum absolute atomic E-state index is 0.216. The van der Waals surface area contributed by atoms with Crippen LogP contribution >= 0.6 is 11.6 Å². The number of hydrogen-bond donors (Lipinski definition) is 0. The summed E-state index contributed by atoms with van der Waals surface area (Å²) in [6, 6.07) is 0. The summed E-state index contributed by atoms with van der Waals surface area (Å²) in [5.41, 5.74) is 0. The second-order valence-corrected chi connectivity index (χ2v) is 2.84. The number of hydrogen-bond acceptors (Lipinski definition) is 4. The zero-order chi connectivity index (χ0) is 8.97. The number of ether oxygens (including phenoxy) is 1. The minimum atomic E-state index is -0.274. The first-order chi connectivity index (χ1) is 5.72. The SMILES string of the molecule is CCOC(=O)CC1CC(Cl)=NO1. The Bertz CT molecular complexity index is 205. The van der Waals surface area contributed by atoms with Gasteiger partial charge in [0.05, 0.1) is 13.0 Å². The number of halogens is 1. The molecule has 0 aliphatic carbocycles. The van der Waals surface area contributed by atoms with Crippen LogP contribution in [0.15, 0.2) is 5.16 Å². The molecule has 0 saturated carbocycles. The van der Waals surface area contributed by atoms with Crippen LogP contribution in [0.4, 0.5) is 0 Å². The van der Waals surface area contributed by atoms with E-state index in [-0.39, 0.29) is 18.5 Å². The van der Waals surface area contributed by atoms with Crippen molar-refractivity contribution in [3.63, 3.8) is 0 Å². The van der Waals surface area contributed by atoms with Gasteiger partial charge in [-0.2, -0.15) is 0 Å². The Morgan fingerprint density at radius 3 is 3.17 bits per heavy atom. The van der Waals surface area contributed by atoms with Gasteiger partial charge in [-0.1, -0.05) is 16.8 Å². The Morgan fingerprint density at radius 1 is 1.92 bits per heavy atom. The van der Waals surface area contributed by atoms with Crippen molar-refractivity contribution in [3.05, 3.63) is 0 Å². The molecule has 5 heteroatoms. The second-order valence-electron chi connectivity index (χ2n) is 2.41. The Hall–Kier alpha value is -0.770. The summed E-state index contributed by atoms with van der Waals surface area (Å²) in [6.45, 7) is 2.15. The summed E-state index contributed by atoms with van der Waals surface area (Å²) in [5.74, 6) is -0.274. The molecule has 0 aromatic heterocycles. The number of nitrogens with zero attached hydrogens (tertiary/aromatic N) is 1. The van der Waals surface area contributed by atoms with E-state index in [1.807, 2.05) is 0 Å². The molecule has 0 fully saturated rings. The Morgan fingerprint density at radius 2 is 2.67 bits per heavy atom. The van der Waals surface area contributed by atoms with Gasteiger partial charge in [-0.3, -0.25) is 4.79 Å². The zero-order valence-corrected chi connectivity index (χ0v) is 7.50. The maximum Gasteiger partial charge on any atom is 0.309 e. The first-order valence-electron chi connectivity index (χ1n) is 3.76. The van der Waals surface area contributed by atoms with Crippen molar-refractivity contribution in [1.29, 1.82) is 0 Å². The van der Waals surface area contributed by atoms with Gasteiger partial charge in [0.2, 0.25) is 0 Å². The van der Waals surface area contributed by atoms with E-state index in [1.165, 1.54) is 0 Å². The number of carbonyl (C=O) groups excluding carboxylic acids is 1. The predicted molar refractivity (Wildman–Crippen MR) is 44.0 cm³/mol. The van der Waals surface area contributed by atoms with E-state index in [1.54, 1.807) is 6.92 Å². The van der Waals surface area contributed by atoms with Crippen LogP contribution in [-0.4, -0.2) is 23.9 Å². The van der Waals surface area contributed by atoms with E-state index in [0.29, 0.717) is 18.2 Å². The first kappa shape index (κ1) is 9.32. The minimum Gasteiger partial charge on any atom is -0.466 e. The summed E-state index contributed by atoms with van der Waals surface area (Å²) in [4.78, 5) is 15.7. The maximum absolute atomic E-state index is 10.9. The van der Waals surface area contributed by atoms with Gasteiger partial charge in [-0.25, -0.2) is 0 Å². The molecule has 0 aromatic rings. The molecule has 0 bridgehead atoms. The average molecular weight is 192 g/mol. The van der Waals surface area contributed by atoms with Gasteiger partial charge in [0.15, 0.2) is 0 Å². The highest BCUT2D eigenvalue weighted by Gasteiger charge is 2.22. The van der Waals surface area contributed by atoms with Gasteiger partial charge in [0.1, 0.15) is 11.3 Å². The fourth-order valence-electron chi connectivity index (χ4n) is 0.909. The summed E-state index contributed by atoms with van der Waals surface area (Å²) < 4.78 is 4.73. The Balaban J connectivity index is 2.21. The molecule has 0 spiro atoms. The average Bonchev–Trinajstić information content (AvgIpc) is 2.36. The molecular weight excluding hydrogens is 182 g/mol. The second kappa shape index (κ2) is 4.30. The van der Waals surface area contributed by atoms with Crippen LogP contribution in [0.2, 0.25) is 0 Å². The molecule has 0 radical (unpaired) electrons. The van der Waals surface area contributed by atoms with Crippen LogP contribution in [0, 0.1) is 0 Å². The summed E-state index contributed by atoms with van der Waals surface area (Å²) in [7, 11) is 0. The normalized spacial score (nSPS) is 21.5. The first-order valence-corrected chi connectivity index (χ1v) is 4.14. The molecule has 0 amide bonds. The number of esters is 1. The monoisotopic (exact) mass is 191 g/mol. The van der Waals surface area contributed by atoms with Crippen LogP contribution in [0.25, 0.3) is 0 Å². The molecule has 1 rings (SSSR count). The highest BCUT2D eigenvalue weighted by Crippen LogP contribution is 2.16. The quantitative estimate of drug-likeness (QED) is 0.632. The predicted octanol–water partition coefficient (Wildman–Crippen LogP) is 1.28. The standard InChI is InChI=1S/C7H10ClNO3/c1-2-11-7(10)4-5-3-6(8)9-12-5/h5H,2-4H2,1H3. The summed E-state index contributed by atoms with van der Waals surface area (Å²) in [5, 5.41) is 3.91. The molecule has 1 atom stereocenters. The fraction of sp³-hybridized carbons (Fsp3) is 0.714. The van der Waals surface area contributed by atoms with E-state index in [9.17, 15) is 4.79 Å². The van der Waals surface area contributed by atoms with Crippen molar-refractivity contribution in [2.75, 3.05) is 6.61 Å². The third kappa shape index (κ3) is 2.70. The molecule has 0 aromatic carbocycles. The van der Waals surface area contributed by atoms with Crippen molar-refractivity contribution in [2.45, 2.75) is 25.9 Å². The van der Waals surface area contributed by atoms with Crippen molar-refractivity contribution in [1.82, 2.24) is 0 Å². The number of oxime groups is 1. The highest BCUT2D eigenvalue weighted by molar-refractivity contribution is 6.65. The van der Waals surface area contributed by atoms with E-state index >= 15 is 0 Å². The van der Waals surface area contributed by atoms with Gasteiger partial charge in [-0.05, 0) is 6.92 Å². The van der Waals surface area contributed by atoms with Crippen molar-refractivity contribution < 1.29 is 14.4 Å². The molecule has 0 N–H and O–H groups in total. The van der Waals surface area contributed by atoms with Crippen molar-refractivity contribution in [2.24, 2.45) is 5.16 Å². The van der Waals surface area contributed by atoms with Gasteiger partial charge in [-0.15, -0.1) is 0 Å². The van der Waals surface area contributed by atoms with Crippen LogP contribution in [0.5, 0.6) is 0 Å². The van der Waals surface area contributed by atoms with Crippen LogP contribution in [0.1, 0.15) is 19.8 Å². The summed E-state index contributed by atoms with van der Waals surface area (Å²) in [6.07, 6.45) is 0.477. The Kier molecular flexibility index (Phi) is 3.34. The smallest absolute Gasteiger partial charge is 0.309 e. The lowest BCUT2D eigenvalue weighted by atomic mass is 10.2. The van der Waals surface area contributed by atoms with Gasteiger partial charge in [0, 0.05) is 6.42 Å². The van der Waals surface area contributed by atoms with Crippen molar-refractivity contribution in [3.8, 4) is 0 Å². The van der Waals surface area contributed by atoms with Crippen LogP contribution in [0.3, 0.4) is 0 Å². The lowest BCUT2D eigenvalue weighted by molar-refractivity contribution is -0.145. The molecule has 0 saturated heterocycles. The highest BCUT2D eigenvalue weighted by atomic mass is 35.5. The molecule has 68 valence electrons. The zero-order valence-electron chi connectivity index (χ0n) is 6.75. The topological polar surface area (TPSA) is 47.9 Å². The van der Waals surface area contributed by atoms with Crippen LogP contribution in [-0.2, 0) is 14.4 Å². The van der Waals surface area contributed by atoms with Crippen LogP contribution < -0.4 is 0 Å². The molecule has 1 aliphatic rings.